The van der Waals surface area contributed by atoms with Crippen LogP contribution in [0.15, 0.2) is 78.5 Å². The minimum Gasteiger partial charge on any atom is -0.378 e. The Balaban J connectivity index is 1.96. The quantitative estimate of drug-likeness (QED) is 0.175. The number of rotatable bonds is 6. The summed E-state index contributed by atoms with van der Waals surface area (Å²) in [4.78, 5) is 12.8. The van der Waals surface area contributed by atoms with Crippen molar-refractivity contribution in [2.45, 2.75) is 18.7 Å². The van der Waals surface area contributed by atoms with Gasteiger partial charge in [-0.2, -0.15) is 13.7 Å². The highest BCUT2D eigenvalue weighted by Crippen LogP contribution is 2.33. The Hall–Kier alpha value is -2.45. The Bertz CT molecular complexity index is 1420. The van der Waals surface area contributed by atoms with Crippen molar-refractivity contribution in [3.63, 3.8) is 0 Å². The topological polar surface area (TPSA) is 96.3 Å². The van der Waals surface area contributed by atoms with Crippen molar-refractivity contribution in [2.75, 3.05) is 5.32 Å². The fraction of sp³-hybridized carbons (Fsp3) is 0.0833. The zero-order valence-corrected chi connectivity index (χ0v) is 23.5. The molecular weight excluding hydrogens is 652 g/mol. The maximum absolute atomic E-state index is 12.9. The van der Waals surface area contributed by atoms with E-state index in [4.69, 9.17) is 4.18 Å². The maximum atomic E-state index is 12.9. The molecule has 10 heteroatoms. The van der Waals surface area contributed by atoms with Crippen LogP contribution < -0.4 is 9.50 Å². The molecule has 0 aromatic heterocycles. The molecule has 0 unspecified atom stereocenters. The van der Waals surface area contributed by atoms with Crippen molar-refractivity contribution >= 4 is 75.6 Å². The van der Waals surface area contributed by atoms with E-state index < -0.39 is 16.0 Å². The zero-order valence-electron chi connectivity index (χ0n) is 17.9. The lowest BCUT2D eigenvalue weighted by atomic mass is 10.1. The highest BCUT2D eigenvalue weighted by Gasteiger charge is 2.20. The van der Waals surface area contributed by atoms with Crippen LogP contribution in [-0.2, 0) is 14.9 Å². The van der Waals surface area contributed by atoms with Gasteiger partial charge in [0.1, 0.15) is 22.3 Å². The van der Waals surface area contributed by atoms with E-state index in [0.717, 1.165) is 11.1 Å². The summed E-state index contributed by atoms with van der Waals surface area (Å²) >= 11 is 10.1. The van der Waals surface area contributed by atoms with Crippen molar-refractivity contribution < 1.29 is 17.4 Å². The van der Waals surface area contributed by atoms with Crippen LogP contribution in [0.2, 0.25) is 0 Å². The summed E-state index contributed by atoms with van der Waals surface area (Å²) in [5.41, 5.74) is 2.33. The van der Waals surface area contributed by atoms with Crippen LogP contribution in [0, 0.1) is 25.2 Å². The van der Waals surface area contributed by atoms with Gasteiger partial charge in [-0.3, -0.25) is 4.79 Å². The maximum Gasteiger partial charge on any atom is 0.339 e. The van der Waals surface area contributed by atoms with Crippen molar-refractivity contribution in [1.82, 2.24) is 0 Å². The summed E-state index contributed by atoms with van der Waals surface area (Å²) in [7, 11) is -4.13. The van der Waals surface area contributed by atoms with E-state index in [-0.39, 0.29) is 21.8 Å². The molecule has 0 atom stereocenters. The SMILES string of the molecule is Cc1ccc(S(=O)(=O)Oc2ccc(Br)cc2/C=C(\C#N)C(=O)Nc2c(Br)cc(C)cc2Br)cc1. The van der Waals surface area contributed by atoms with E-state index in [2.05, 4.69) is 53.1 Å². The van der Waals surface area contributed by atoms with Gasteiger partial charge in [-0.05, 0) is 99.8 Å². The lowest BCUT2D eigenvalue weighted by molar-refractivity contribution is -0.112. The standard InChI is InChI=1S/C24H17Br3N2O4S/c1-14-3-6-19(7-4-14)34(31,32)33-22-8-5-18(25)12-16(22)11-17(13-28)24(30)29-23-20(26)9-15(2)10-21(23)27/h3-12H,1-2H3,(H,29,30)/b17-11+. The molecule has 1 N–H and O–H groups in total. The second kappa shape index (κ2) is 10.9. The van der Waals surface area contributed by atoms with Crippen LogP contribution in [0.4, 0.5) is 5.69 Å². The third-order valence-corrected chi connectivity index (χ3v) is 7.56. The van der Waals surface area contributed by atoms with E-state index in [1.165, 1.54) is 24.3 Å². The predicted molar refractivity (Wildman–Crippen MR) is 142 cm³/mol. The molecule has 0 fully saturated rings. The number of hydrogen-bond donors (Lipinski definition) is 1. The number of amides is 1. The molecule has 174 valence electrons. The summed E-state index contributed by atoms with van der Waals surface area (Å²) in [6, 6.07) is 16.4. The predicted octanol–water partition coefficient (Wildman–Crippen LogP) is 6.90. The number of nitriles is 1. The third-order valence-electron chi connectivity index (χ3n) is 4.57. The highest BCUT2D eigenvalue weighted by molar-refractivity contribution is 9.11. The first-order valence-corrected chi connectivity index (χ1v) is 13.5. The summed E-state index contributed by atoms with van der Waals surface area (Å²) in [5, 5.41) is 12.3. The number of carbonyl (C=O) groups excluding carboxylic acids is 1. The van der Waals surface area contributed by atoms with E-state index in [1.54, 1.807) is 24.3 Å². The molecular formula is C24H17Br3N2O4S. The number of benzene rings is 3. The molecule has 0 saturated heterocycles. The molecule has 0 heterocycles. The first-order chi connectivity index (χ1) is 16.0. The number of halogens is 3. The van der Waals surface area contributed by atoms with Gasteiger partial charge in [0.05, 0.1) is 5.69 Å². The number of aryl methyl sites for hydroxylation is 2. The summed E-state index contributed by atoms with van der Waals surface area (Å²) in [6.07, 6.45) is 1.27. The Morgan fingerprint density at radius 3 is 2.18 bits per heavy atom. The second-order valence-corrected chi connectivity index (χ2v) is 11.4. The fourth-order valence-electron chi connectivity index (χ4n) is 2.88. The van der Waals surface area contributed by atoms with E-state index in [9.17, 15) is 18.5 Å². The third kappa shape index (κ3) is 6.36. The van der Waals surface area contributed by atoms with E-state index in [0.29, 0.717) is 19.1 Å². The summed E-state index contributed by atoms with van der Waals surface area (Å²) in [6.45, 7) is 3.75. The fourth-order valence-corrected chi connectivity index (χ4v) is 5.83. The normalized spacial score (nSPS) is 11.6. The molecule has 0 saturated carbocycles. The van der Waals surface area contributed by atoms with E-state index in [1.807, 2.05) is 32.0 Å². The van der Waals surface area contributed by atoms with Crippen molar-refractivity contribution in [3.05, 3.63) is 90.3 Å². The summed E-state index contributed by atoms with van der Waals surface area (Å²) in [5.74, 6) is -0.693. The largest absolute Gasteiger partial charge is 0.378 e. The summed E-state index contributed by atoms with van der Waals surface area (Å²) < 4.78 is 32.8. The second-order valence-electron chi connectivity index (χ2n) is 7.26. The average Bonchev–Trinajstić information content (AvgIpc) is 2.76. The monoisotopic (exact) mass is 666 g/mol. The molecule has 0 aliphatic carbocycles. The van der Waals surface area contributed by atoms with Crippen LogP contribution in [0.3, 0.4) is 0 Å². The molecule has 3 aromatic rings. The number of nitrogens with one attached hydrogen (secondary N) is 1. The lowest BCUT2D eigenvalue weighted by Crippen LogP contribution is -2.15. The molecule has 0 aliphatic rings. The molecule has 1 amide bonds. The minimum atomic E-state index is -4.13. The van der Waals surface area contributed by atoms with Crippen LogP contribution in [0.25, 0.3) is 6.08 Å². The number of carbonyl (C=O) groups is 1. The van der Waals surface area contributed by atoms with Gasteiger partial charge in [-0.25, -0.2) is 0 Å². The lowest BCUT2D eigenvalue weighted by Gasteiger charge is -2.12. The molecule has 3 aromatic carbocycles. The van der Waals surface area contributed by atoms with E-state index >= 15 is 0 Å². The molecule has 0 aliphatic heterocycles. The first-order valence-electron chi connectivity index (χ1n) is 9.69. The van der Waals surface area contributed by atoms with Crippen LogP contribution in [0.1, 0.15) is 16.7 Å². The Kier molecular flexibility index (Phi) is 8.36. The van der Waals surface area contributed by atoms with Crippen LogP contribution in [-0.4, -0.2) is 14.3 Å². The van der Waals surface area contributed by atoms with Crippen LogP contribution in [0.5, 0.6) is 5.75 Å². The van der Waals surface area contributed by atoms with Crippen molar-refractivity contribution in [1.29, 1.82) is 5.26 Å². The van der Waals surface area contributed by atoms with Crippen molar-refractivity contribution in [2.24, 2.45) is 0 Å². The van der Waals surface area contributed by atoms with Gasteiger partial charge in [0.25, 0.3) is 5.91 Å². The van der Waals surface area contributed by atoms with Gasteiger partial charge < -0.3 is 9.50 Å². The number of hydrogen-bond acceptors (Lipinski definition) is 5. The molecule has 0 radical (unpaired) electrons. The average molecular weight is 669 g/mol. The number of anilines is 1. The molecule has 6 nitrogen and oxygen atoms in total. The zero-order chi connectivity index (χ0) is 25.0. The Morgan fingerprint density at radius 1 is 0.971 bits per heavy atom. The van der Waals surface area contributed by atoms with Gasteiger partial charge in [-0.15, -0.1) is 0 Å². The molecule has 3 rings (SSSR count). The smallest absolute Gasteiger partial charge is 0.339 e. The first kappa shape index (κ1) is 26.2. The molecule has 0 bridgehead atoms. The Labute approximate surface area is 223 Å². The van der Waals surface area contributed by atoms with Crippen LogP contribution >= 0.6 is 47.8 Å². The number of nitrogens with zero attached hydrogens (tertiary/aromatic N) is 1. The van der Waals surface area contributed by atoms with Gasteiger partial charge in [0.15, 0.2) is 0 Å². The molecule has 34 heavy (non-hydrogen) atoms. The highest BCUT2D eigenvalue weighted by atomic mass is 79.9. The van der Waals surface area contributed by atoms with Gasteiger partial charge in [0.2, 0.25) is 0 Å². The van der Waals surface area contributed by atoms with Gasteiger partial charge in [-0.1, -0.05) is 33.6 Å². The van der Waals surface area contributed by atoms with Gasteiger partial charge in [0, 0.05) is 19.0 Å². The minimum absolute atomic E-state index is 0.0109. The molecule has 0 spiro atoms. The Morgan fingerprint density at radius 2 is 1.59 bits per heavy atom. The van der Waals surface area contributed by atoms with Crippen molar-refractivity contribution in [3.8, 4) is 11.8 Å². The van der Waals surface area contributed by atoms with Gasteiger partial charge >= 0.3 is 10.1 Å².